The second-order valence-electron chi connectivity index (χ2n) is 2.47. The Bertz CT molecular complexity index is 198. The number of aliphatic hydroxyl groups is 1. The normalized spacial score (nSPS) is 12.9. The summed E-state index contributed by atoms with van der Waals surface area (Å²) in [5.74, 6) is 0. The van der Waals surface area contributed by atoms with Crippen LogP contribution in [0.1, 0.15) is 5.56 Å². The molecule has 0 aliphatic carbocycles. The number of halogens is 1. The van der Waals surface area contributed by atoms with Crippen LogP contribution in [0.15, 0.2) is 30.3 Å². The molecule has 2 heteroatoms. The maximum Gasteiger partial charge on any atom is 0.127 e. The summed E-state index contributed by atoms with van der Waals surface area (Å²) in [6, 6.07) is 9.30. The molecular formula is C9H11FO. The predicted molar refractivity (Wildman–Crippen MR) is 42.1 cm³/mol. The van der Waals surface area contributed by atoms with Crippen LogP contribution < -0.4 is 0 Å². The second-order valence-corrected chi connectivity index (χ2v) is 2.47. The van der Waals surface area contributed by atoms with Gasteiger partial charge in [-0.25, -0.2) is 4.39 Å². The Morgan fingerprint density at radius 2 is 1.91 bits per heavy atom. The van der Waals surface area contributed by atoms with E-state index in [-0.39, 0.29) is 0 Å². The molecule has 1 aromatic rings. The molecule has 1 unspecified atom stereocenters. The van der Waals surface area contributed by atoms with Gasteiger partial charge in [-0.1, -0.05) is 30.3 Å². The van der Waals surface area contributed by atoms with Crippen molar-refractivity contribution in [1.82, 2.24) is 0 Å². The molecule has 0 bridgehead atoms. The third-order valence-corrected chi connectivity index (χ3v) is 1.50. The average Bonchev–Trinajstić information content (AvgIpc) is 2.06. The molecule has 0 radical (unpaired) electrons. The third kappa shape index (κ3) is 2.68. The molecule has 1 atom stereocenters. The summed E-state index contributed by atoms with van der Waals surface area (Å²) in [6.07, 6.45) is -0.824. The summed E-state index contributed by atoms with van der Waals surface area (Å²) in [4.78, 5) is 0. The molecule has 0 saturated heterocycles. The molecule has 0 saturated carbocycles. The molecule has 0 amide bonds. The Labute approximate surface area is 65.5 Å². The molecule has 1 N–H and O–H groups in total. The van der Waals surface area contributed by atoms with Crippen molar-refractivity contribution in [1.29, 1.82) is 0 Å². The van der Waals surface area contributed by atoms with Gasteiger partial charge < -0.3 is 5.11 Å². The Morgan fingerprint density at radius 3 is 2.45 bits per heavy atom. The van der Waals surface area contributed by atoms with Gasteiger partial charge in [0.2, 0.25) is 0 Å². The van der Waals surface area contributed by atoms with Crippen LogP contribution in [0.3, 0.4) is 0 Å². The minimum atomic E-state index is -1.13. The highest BCUT2D eigenvalue weighted by Crippen LogP contribution is 2.04. The molecular weight excluding hydrogens is 143 g/mol. The quantitative estimate of drug-likeness (QED) is 0.700. The van der Waals surface area contributed by atoms with Crippen LogP contribution in [0.2, 0.25) is 0 Å². The van der Waals surface area contributed by atoms with Gasteiger partial charge >= 0.3 is 0 Å². The van der Waals surface area contributed by atoms with Crippen molar-refractivity contribution in [2.75, 3.05) is 6.61 Å². The van der Waals surface area contributed by atoms with E-state index in [1.807, 2.05) is 30.3 Å². The Balaban J connectivity index is 2.51. The van der Waals surface area contributed by atoms with E-state index in [1.165, 1.54) is 0 Å². The summed E-state index contributed by atoms with van der Waals surface area (Å²) in [7, 11) is 0. The summed E-state index contributed by atoms with van der Waals surface area (Å²) in [5.41, 5.74) is 0.925. The van der Waals surface area contributed by atoms with Crippen LogP contribution in [0.4, 0.5) is 4.39 Å². The Hall–Kier alpha value is -0.890. The van der Waals surface area contributed by atoms with E-state index in [1.54, 1.807) is 0 Å². The standard InChI is InChI=1S/C9H11FO/c10-9(7-11)6-8-4-2-1-3-5-8/h1-5,9,11H,6-7H2. The molecule has 0 aliphatic heterocycles. The van der Waals surface area contributed by atoms with E-state index in [0.29, 0.717) is 6.42 Å². The van der Waals surface area contributed by atoms with E-state index >= 15 is 0 Å². The van der Waals surface area contributed by atoms with Crippen LogP contribution >= 0.6 is 0 Å². The SMILES string of the molecule is OCC(F)Cc1ccccc1. The zero-order valence-electron chi connectivity index (χ0n) is 6.20. The lowest BCUT2D eigenvalue weighted by Gasteiger charge is -2.02. The first kappa shape index (κ1) is 8.21. The van der Waals surface area contributed by atoms with E-state index in [2.05, 4.69) is 0 Å². The molecule has 11 heavy (non-hydrogen) atoms. The molecule has 0 heterocycles. The van der Waals surface area contributed by atoms with Crippen LogP contribution in [-0.4, -0.2) is 17.9 Å². The van der Waals surface area contributed by atoms with Crippen molar-refractivity contribution in [2.24, 2.45) is 0 Å². The van der Waals surface area contributed by atoms with Gasteiger partial charge in [0.05, 0.1) is 6.61 Å². The molecule has 1 aromatic carbocycles. The lowest BCUT2D eigenvalue weighted by atomic mass is 10.1. The van der Waals surface area contributed by atoms with Gasteiger partial charge in [0.25, 0.3) is 0 Å². The largest absolute Gasteiger partial charge is 0.393 e. The Morgan fingerprint density at radius 1 is 1.27 bits per heavy atom. The lowest BCUT2D eigenvalue weighted by Crippen LogP contribution is -2.09. The van der Waals surface area contributed by atoms with Crippen molar-refractivity contribution in [2.45, 2.75) is 12.6 Å². The van der Waals surface area contributed by atoms with Crippen LogP contribution in [0, 0.1) is 0 Å². The van der Waals surface area contributed by atoms with Crippen molar-refractivity contribution >= 4 is 0 Å². The van der Waals surface area contributed by atoms with Crippen LogP contribution in [0.25, 0.3) is 0 Å². The highest BCUT2D eigenvalue weighted by molar-refractivity contribution is 5.15. The summed E-state index contributed by atoms with van der Waals surface area (Å²) < 4.78 is 12.6. The van der Waals surface area contributed by atoms with Crippen LogP contribution in [-0.2, 0) is 6.42 Å². The molecule has 0 aromatic heterocycles. The van der Waals surface area contributed by atoms with E-state index in [9.17, 15) is 4.39 Å². The van der Waals surface area contributed by atoms with Crippen molar-refractivity contribution < 1.29 is 9.50 Å². The molecule has 0 fully saturated rings. The summed E-state index contributed by atoms with van der Waals surface area (Å²) in [5, 5.41) is 8.42. The van der Waals surface area contributed by atoms with Crippen molar-refractivity contribution in [3.05, 3.63) is 35.9 Å². The smallest absolute Gasteiger partial charge is 0.127 e. The van der Waals surface area contributed by atoms with Gasteiger partial charge in [-0.05, 0) is 5.56 Å². The minimum Gasteiger partial charge on any atom is -0.393 e. The first-order valence-corrected chi connectivity index (χ1v) is 3.62. The lowest BCUT2D eigenvalue weighted by molar-refractivity contribution is 0.177. The average molecular weight is 154 g/mol. The second kappa shape index (κ2) is 4.09. The monoisotopic (exact) mass is 154 g/mol. The molecule has 0 spiro atoms. The predicted octanol–water partition coefficient (Wildman–Crippen LogP) is 1.56. The van der Waals surface area contributed by atoms with Gasteiger partial charge in [0.1, 0.15) is 6.17 Å². The first-order chi connectivity index (χ1) is 5.33. The number of hydrogen-bond donors (Lipinski definition) is 1. The molecule has 0 aliphatic rings. The molecule has 1 nitrogen and oxygen atoms in total. The number of aliphatic hydroxyl groups excluding tert-OH is 1. The van der Waals surface area contributed by atoms with Crippen molar-refractivity contribution in [3.8, 4) is 0 Å². The number of benzene rings is 1. The first-order valence-electron chi connectivity index (χ1n) is 3.62. The fourth-order valence-corrected chi connectivity index (χ4v) is 0.934. The van der Waals surface area contributed by atoms with Gasteiger partial charge in [0, 0.05) is 6.42 Å². The number of alkyl halides is 1. The maximum absolute atomic E-state index is 12.6. The molecule has 60 valence electrons. The number of hydrogen-bond acceptors (Lipinski definition) is 1. The highest BCUT2D eigenvalue weighted by atomic mass is 19.1. The fraction of sp³-hybridized carbons (Fsp3) is 0.333. The fourth-order valence-electron chi connectivity index (χ4n) is 0.934. The number of rotatable bonds is 3. The maximum atomic E-state index is 12.6. The summed E-state index contributed by atoms with van der Waals surface area (Å²) >= 11 is 0. The highest BCUT2D eigenvalue weighted by Gasteiger charge is 2.03. The van der Waals surface area contributed by atoms with Gasteiger partial charge in [-0.2, -0.15) is 0 Å². The van der Waals surface area contributed by atoms with Crippen LogP contribution in [0.5, 0.6) is 0 Å². The Kier molecular flexibility index (Phi) is 3.05. The molecule has 1 rings (SSSR count). The van der Waals surface area contributed by atoms with E-state index < -0.39 is 12.8 Å². The van der Waals surface area contributed by atoms with E-state index in [4.69, 9.17) is 5.11 Å². The van der Waals surface area contributed by atoms with Gasteiger partial charge in [0.15, 0.2) is 0 Å². The third-order valence-electron chi connectivity index (χ3n) is 1.50. The minimum absolute atomic E-state index is 0.303. The van der Waals surface area contributed by atoms with Gasteiger partial charge in [-0.15, -0.1) is 0 Å². The van der Waals surface area contributed by atoms with Crippen molar-refractivity contribution in [3.63, 3.8) is 0 Å². The zero-order valence-corrected chi connectivity index (χ0v) is 6.20. The topological polar surface area (TPSA) is 20.2 Å². The zero-order chi connectivity index (χ0) is 8.10. The summed E-state index contributed by atoms with van der Waals surface area (Å²) in [6.45, 7) is -0.394. The van der Waals surface area contributed by atoms with E-state index in [0.717, 1.165) is 5.56 Å². The van der Waals surface area contributed by atoms with Gasteiger partial charge in [-0.3, -0.25) is 0 Å².